The van der Waals surface area contributed by atoms with Crippen molar-refractivity contribution in [2.24, 2.45) is 0 Å². The number of nitrogens with one attached hydrogen (secondary N) is 1. The van der Waals surface area contributed by atoms with Crippen molar-refractivity contribution in [3.8, 4) is 0 Å². The number of hydrogen-bond acceptors (Lipinski definition) is 5. The lowest BCUT2D eigenvalue weighted by atomic mass is 10.2. The summed E-state index contributed by atoms with van der Waals surface area (Å²) in [5, 5.41) is 2.98. The zero-order valence-electron chi connectivity index (χ0n) is 12.2. The van der Waals surface area contributed by atoms with Gasteiger partial charge in [-0.05, 0) is 5.57 Å². The quantitative estimate of drug-likeness (QED) is 0.720. The number of nitrogens with zero attached hydrogens (tertiary/aromatic N) is 1. The van der Waals surface area contributed by atoms with Crippen LogP contribution < -0.4 is 5.32 Å². The van der Waals surface area contributed by atoms with E-state index in [2.05, 4.69) is 30.6 Å². The smallest absolute Gasteiger partial charge is 0.166 e. The number of hydrogen-bond donors (Lipinski definition) is 1. The van der Waals surface area contributed by atoms with Gasteiger partial charge in [-0.15, -0.1) is 0 Å². The highest BCUT2D eigenvalue weighted by molar-refractivity contribution is 8.01. The molecule has 1 aliphatic rings. The first-order valence-electron chi connectivity index (χ1n) is 6.80. The van der Waals surface area contributed by atoms with Crippen molar-refractivity contribution in [1.29, 1.82) is 0 Å². The summed E-state index contributed by atoms with van der Waals surface area (Å²) in [6, 6.07) is 0.420. The molecule has 0 spiro atoms. The fourth-order valence-corrected chi connectivity index (χ4v) is 5.09. The summed E-state index contributed by atoms with van der Waals surface area (Å²) in [7, 11) is -3.00. The molecule has 1 fully saturated rings. The molecule has 1 rings (SSSR count). The van der Waals surface area contributed by atoms with Gasteiger partial charge in [0.15, 0.2) is 9.84 Å². The van der Waals surface area contributed by atoms with Crippen LogP contribution in [-0.2, 0) is 9.84 Å². The van der Waals surface area contributed by atoms with Gasteiger partial charge in [-0.2, -0.15) is 11.8 Å². The van der Waals surface area contributed by atoms with Crippen LogP contribution in [0.15, 0.2) is 12.2 Å². The third kappa shape index (κ3) is 5.45. The first-order chi connectivity index (χ1) is 8.86. The lowest BCUT2D eigenvalue weighted by Crippen LogP contribution is -2.48. The van der Waals surface area contributed by atoms with Crippen LogP contribution in [-0.4, -0.2) is 61.6 Å². The van der Waals surface area contributed by atoms with E-state index in [9.17, 15) is 8.42 Å². The van der Waals surface area contributed by atoms with Crippen molar-refractivity contribution >= 4 is 21.6 Å². The Balaban J connectivity index is 2.60. The summed E-state index contributed by atoms with van der Waals surface area (Å²) < 4.78 is 24.2. The van der Waals surface area contributed by atoms with Gasteiger partial charge in [0.2, 0.25) is 0 Å². The van der Waals surface area contributed by atoms with Gasteiger partial charge >= 0.3 is 0 Å². The molecule has 0 bridgehead atoms. The predicted octanol–water partition coefficient (Wildman–Crippen LogP) is 1.35. The summed E-state index contributed by atoms with van der Waals surface area (Å²) in [4.78, 5) is 2.07. The van der Waals surface area contributed by atoms with E-state index in [1.165, 1.54) is 0 Å². The number of thioether (sulfide) groups is 1. The highest BCUT2D eigenvalue weighted by Gasteiger charge is 2.32. The fourth-order valence-electron chi connectivity index (χ4n) is 2.01. The average Bonchev–Trinajstić information content (AvgIpc) is 2.37. The standard InChI is InChI=1S/C13H26N2O2S2/c1-5-19(16,17)13-10-18-7-6-15(13)9-12(4)8-14-11(2)3/h11,13-14H,4-10H2,1-3H3. The molecule has 1 atom stereocenters. The van der Waals surface area contributed by atoms with Crippen molar-refractivity contribution in [3.63, 3.8) is 0 Å². The Morgan fingerprint density at radius 2 is 2.21 bits per heavy atom. The van der Waals surface area contributed by atoms with E-state index in [1.807, 2.05) is 0 Å². The van der Waals surface area contributed by atoms with Gasteiger partial charge in [0.25, 0.3) is 0 Å². The molecule has 1 N–H and O–H groups in total. The van der Waals surface area contributed by atoms with Gasteiger partial charge in [-0.1, -0.05) is 27.4 Å². The summed E-state index contributed by atoms with van der Waals surface area (Å²) in [5.74, 6) is 1.90. The molecule has 1 heterocycles. The molecule has 0 radical (unpaired) electrons. The van der Waals surface area contributed by atoms with E-state index >= 15 is 0 Å². The summed E-state index contributed by atoms with van der Waals surface area (Å²) in [5.41, 5.74) is 1.05. The largest absolute Gasteiger partial charge is 0.311 e. The molecule has 1 saturated heterocycles. The topological polar surface area (TPSA) is 49.4 Å². The van der Waals surface area contributed by atoms with Crippen LogP contribution in [0.1, 0.15) is 20.8 Å². The molecule has 0 aromatic rings. The van der Waals surface area contributed by atoms with Gasteiger partial charge in [0, 0.05) is 42.9 Å². The normalized spacial score (nSPS) is 21.8. The Morgan fingerprint density at radius 3 is 2.79 bits per heavy atom. The van der Waals surface area contributed by atoms with Crippen LogP contribution in [0.2, 0.25) is 0 Å². The van der Waals surface area contributed by atoms with E-state index in [-0.39, 0.29) is 11.1 Å². The zero-order valence-corrected chi connectivity index (χ0v) is 13.8. The Labute approximate surface area is 121 Å². The lowest BCUT2D eigenvalue weighted by molar-refractivity contribution is 0.290. The Hall–Kier alpha value is -0.0400. The summed E-state index contributed by atoms with van der Waals surface area (Å²) >= 11 is 1.73. The molecular weight excluding hydrogens is 280 g/mol. The van der Waals surface area contributed by atoms with Gasteiger partial charge in [-0.25, -0.2) is 8.42 Å². The fraction of sp³-hybridized carbons (Fsp3) is 0.846. The minimum atomic E-state index is -3.00. The Bertz CT molecular complexity index is 393. The molecule has 4 nitrogen and oxygen atoms in total. The lowest BCUT2D eigenvalue weighted by Gasteiger charge is -2.35. The number of rotatable bonds is 7. The van der Waals surface area contributed by atoms with E-state index in [0.717, 1.165) is 24.4 Å². The maximum Gasteiger partial charge on any atom is 0.166 e. The third-order valence-corrected chi connectivity index (χ3v) is 6.53. The van der Waals surface area contributed by atoms with Crippen molar-refractivity contribution in [1.82, 2.24) is 10.2 Å². The van der Waals surface area contributed by atoms with E-state index < -0.39 is 9.84 Å². The van der Waals surface area contributed by atoms with Crippen LogP contribution in [0.5, 0.6) is 0 Å². The van der Waals surface area contributed by atoms with Crippen LogP contribution in [0.25, 0.3) is 0 Å². The molecule has 0 amide bonds. The van der Waals surface area contributed by atoms with Crippen molar-refractivity contribution in [3.05, 3.63) is 12.2 Å². The summed E-state index contributed by atoms with van der Waals surface area (Å²) in [6.07, 6.45) is 0. The Kier molecular flexibility index (Phi) is 6.86. The van der Waals surface area contributed by atoms with Gasteiger partial charge in [0.05, 0.1) is 0 Å². The predicted molar refractivity (Wildman–Crippen MR) is 84.4 cm³/mol. The Morgan fingerprint density at radius 1 is 1.53 bits per heavy atom. The first kappa shape index (κ1) is 17.0. The van der Waals surface area contributed by atoms with Crippen LogP contribution >= 0.6 is 11.8 Å². The second-order valence-corrected chi connectivity index (χ2v) is 8.83. The minimum absolute atomic E-state index is 0.214. The maximum atomic E-state index is 12.1. The highest BCUT2D eigenvalue weighted by Crippen LogP contribution is 2.22. The molecule has 1 unspecified atom stereocenters. The molecule has 6 heteroatoms. The summed E-state index contributed by atoms with van der Waals surface area (Å²) in [6.45, 7) is 12.2. The van der Waals surface area contributed by atoms with Crippen LogP contribution in [0.3, 0.4) is 0 Å². The van der Waals surface area contributed by atoms with Crippen molar-refractivity contribution in [2.45, 2.75) is 32.2 Å². The zero-order chi connectivity index (χ0) is 14.5. The third-order valence-electron chi connectivity index (χ3n) is 3.19. The highest BCUT2D eigenvalue weighted by atomic mass is 32.2. The molecule has 1 aliphatic heterocycles. The van der Waals surface area contributed by atoms with Gasteiger partial charge < -0.3 is 5.32 Å². The molecule has 19 heavy (non-hydrogen) atoms. The second kappa shape index (κ2) is 7.67. The molecule has 112 valence electrons. The second-order valence-electron chi connectivity index (χ2n) is 5.24. The minimum Gasteiger partial charge on any atom is -0.311 e. The first-order valence-corrected chi connectivity index (χ1v) is 9.67. The SMILES string of the molecule is C=C(CNC(C)C)CN1CCSCC1S(=O)(=O)CC. The molecule has 0 aromatic carbocycles. The van der Waals surface area contributed by atoms with E-state index in [4.69, 9.17) is 0 Å². The van der Waals surface area contributed by atoms with Crippen LogP contribution in [0, 0.1) is 0 Å². The number of sulfone groups is 1. The average molecular weight is 306 g/mol. The van der Waals surface area contributed by atoms with Crippen LogP contribution in [0.4, 0.5) is 0 Å². The molecular formula is C13H26N2O2S2. The van der Waals surface area contributed by atoms with Gasteiger partial charge in [0.1, 0.15) is 5.37 Å². The van der Waals surface area contributed by atoms with Gasteiger partial charge in [-0.3, -0.25) is 4.90 Å². The molecule has 0 saturated carbocycles. The molecule has 0 aromatic heterocycles. The van der Waals surface area contributed by atoms with E-state index in [1.54, 1.807) is 18.7 Å². The van der Waals surface area contributed by atoms with Crippen molar-refractivity contribution < 1.29 is 8.42 Å². The van der Waals surface area contributed by atoms with E-state index in [0.29, 0.717) is 18.3 Å². The maximum absolute atomic E-state index is 12.1. The molecule has 0 aliphatic carbocycles. The monoisotopic (exact) mass is 306 g/mol. The van der Waals surface area contributed by atoms with Crippen molar-refractivity contribution in [2.75, 3.05) is 36.9 Å².